The number of carbonyl (C=O) groups is 1. The predicted octanol–water partition coefficient (Wildman–Crippen LogP) is 1.78. The lowest BCUT2D eigenvalue weighted by Gasteiger charge is -2.03. The van der Waals surface area contributed by atoms with Crippen LogP contribution in [0.25, 0.3) is 0 Å². The van der Waals surface area contributed by atoms with Gasteiger partial charge in [0.15, 0.2) is 0 Å². The monoisotopic (exact) mass is 270 g/mol. The van der Waals surface area contributed by atoms with Crippen molar-refractivity contribution in [3.63, 3.8) is 0 Å². The zero-order valence-corrected chi connectivity index (χ0v) is 9.62. The Labute approximate surface area is 96.2 Å². The van der Waals surface area contributed by atoms with E-state index in [1.165, 1.54) is 6.07 Å². The van der Waals surface area contributed by atoms with Crippen LogP contribution in [0.5, 0.6) is 0 Å². The highest BCUT2D eigenvalue weighted by molar-refractivity contribution is 9.11. The molecule has 0 atom stereocenters. The molecule has 0 aliphatic heterocycles. The number of carboxylic acid groups (broad SMARTS) is 1. The van der Waals surface area contributed by atoms with Gasteiger partial charge < -0.3 is 10.4 Å². The first-order chi connectivity index (χ1) is 7.09. The SMILES string of the molecule is C=C(Br)CNCc1cccc(C(=O)O)n1. The maximum Gasteiger partial charge on any atom is 0.354 e. The van der Waals surface area contributed by atoms with E-state index in [1.54, 1.807) is 12.1 Å². The third kappa shape index (κ3) is 4.22. The molecule has 0 aromatic carbocycles. The Morgan fingerprint density at radius 1 is 1.60 bits per heavy atom. The van der Waals surface area contributed by atoms with Crippen molar-refractivity contribution in [3.05, 3.63) is 40.6 Å². The molecule has 2 N–H and O–H groups in total. The summed E-state index contributed by atoms with van der Waals surface area (Å²) in [5, 5.41) is 11.8. The van der Waals surface area contributed by atoms with Crippen LogP contribution in [0.2, 0.25) is 0 Å². The lowest BCUT2D eigenvalue weighted by atomic mass is 10.3. The Morgan fingerprint density at radius 3 is 2.93 bits per heavy atom. The zero-order chi connectivity index (χ0) is 11.3. The van der Waals surface area contributed by atoms with E-state index >= 15 is 0 Å². The normalized spacial score (nSPS) is 9.93. The van der Waals surface area contributed by atoms with E-state index in [-0.39, 0.29) is 5.69 Å². The summed E-state index contributed by atoms with van der Waals surface area (Å²) in [4.78, 5) is 14.6. The molecule has 0 saturated heterocycles. The highest BCUT2D eigenvalue weighted by Gasteiger charge is 2.04. The van der Waals surface area contributed by atoms with Gasteiger partial charge in [0, 0.05) is 17.6 Å². The fourth-order valence-corrected chi connectivity index (χ4v) is 1.22. The van der Waals surface area contributed by atoms with Gasteiger partial charge in [-0.05, 0) is 12.1 Å². The van der Waals surface area contributed by atoms with Crippen LogP contribution < -0.4 is 5.32 Å². The van der Waals surface area contributed by atoms with Gasteiger partial charge >= 0.3 is 5.97 Å². The van der Waals surface area contributed by atoms with Gasteiger partial charge in [-0.3, -0.25) is 0 Å². The van der Waals surface area contributed by atoms with E-state index in [0.717, 1.165) is 4.48 Å². The van der Waals surface area contributed by atoms with Crippen LogP contribution in [0.15, 0.2) is 29.3 Å². The highest BCUT2D eigenvalue weighted by Crippen LogP contribution is 2.01. The minimum Gasteiger partial charge on any atom is -0.477 e. The second kappa shape index (κ2) is 5.63. The van der Waals surface area contributed by atoms with Crippen molar-refractivity contribution in [2.45, 2.75) is 6.54 Å². The average Bonchev–Trinajstić information content (AvgIpc) is 2.17. The lowest BCUT2D eigenvalue weighted by Crippen LogP contribution is -2.16. The van der Waals surface area contributed by atoms with Gasteiger partial charge in [0.1, 0.15) is 5.69 Å². The Hall–Kier alpha value is -1.20. The van der Waals surface area contributed by atoms with Crippen molar-refractivity contribution in [2.24, 2.45) is 0 Å². The first kappa shape index (κ1) is 11.9. The van der Waals surface area contributed by atoms with Crippen LogP contribution >= 0.6 is 15.9 Å². The molecule has 1 heterocycles. The Morgan fingerprint density at radius 2 is 2.33 bits per heavy atom. The Balaban J connectivity index is 2.58. The van der Waals surface area contributed by atoms with Crippen molar-refractivity contribution in [3.8, 4) is 0 Å². The molecule has 0 aliphatic carbocycles. The van der Waals surface area contributed by atoms with Gasteiger partial charge in [-0.25, -0.2) is 9.78 Å². The van der Waals surface area contributed by atoms with Crippen molar-refractivity contribution in [1.29, 1.82) is 0 Å². The molecule has 5 heteroatoms. The molecule has 0 unspecified atom stereocenters. The molecule has 0 fully saturated rings. The van der Waals surface area contributed by atoms with E-state index < -0.39 is 5.97 Å². The van der Waals surface area contributed by atoms with Gasteiger partial charge in [0.25, 0.3) is 0 Å². The number of aromatic nitrogens is 1. The number of nitrogens with one attached hydrogen (secondary N) is 1. The third-order valence-electron chi connectivity index (χ3n) is 1.65. The Bertz CT molecular complexity index is 379. The van der Waals surface area contributed by atoms with E-state index in [1.807, 2.05) is 0 Å². The number of halogens is 1. The predicted molar refractivity (Wildman–Crippen MR) is 61.0 cm³/mol. The minimum absolute atomic E-state index is 0.0620. The summed E-state index contributed by atoms with van der Waals surface area (Å²) in [5.74, 6) is -1.01. The molecule has 0 aliphatic rings. The number of nitrogens with zero attached hydrogens (tertiary/aromatic N) is 1. The second-order valence-electron chi connectivity index (χ2n) is 2.94. The molecular formula is C10H11BrN2O2. The number of rotatable bonds is 5. The molecule has 15 heavy (non-hydrogen) atoms. The van der Waals surface area contributed by atoms with Crippen molar-refractivity contribution < 1.29 is 9.90 Å². The quantitative estimate of drug-likeness (QED) is 0.856. The number of pyridine rings is 1. The third-order valence-corrected chi connectivity index (χ3v) is 1.93. The summed E-state index contributed by atoms with van der Waals surface area (Å²) in [6.45, 7) is 4.82. The van der Waals surface area contributed by atoms with Crippen LogP contribution in [0.1, 0.15) is 16.2 Å². The largest absolute Gasteiger partial charge is 0.477 e. The second-order valence-corrected chi connectivity index (χ2v) is 4.06. The highest BCUT2D eigenvalue weighted by atomic mass is 79.9. The number of hydrogen-bond acceptors (Lipinski definition) is 3. The molecule has 0 amide bonds. The number of carboxylic acids is 1. The van der Waals surface area contributed by atoms with Crippen LogP contribution in [0, 0.1) is 0 Å². The van der Waals surface area contributed by atoms with Crippen molar-refractivity contribution >= 4 is 21.9 Å². The first-order valence-corrected chi connectivity index (χ1v) is 5.12. The van der Waals surface area contributed by atoms with E-state index in [0.29, 0.717) is 18.8 Å². The molecule has 0 saturated carbocycles. The maximum atomic E-state index is 10.6. The Kier molecular flexibility index (Phi) is 4.45. The molecule has 1 rings (SSSR count). The smallest absolute Gasteiger partial charge is 0.354 e. The van der Waals surface area contributed by atoms with Crippen LogP contribution in [0.4, 0.5) is 0 Å². The summed E-state index contributed by atoms with van der Waals surface area (Å²) in [6.07, 6.45) is 0. The van der Waals surface area contributed by atoms with Crippen molar-refractivity contribution in [2.75, 3.05) is 6.54 Å². The fourth-order valence-electron chi connectivity index (χ4n) is 1.02. The van der Waals surface area contributed by atoms with Crippen LogP contribution in [-0.4, -0.2) is 22.6 Å². The molecule has 1 aromatic rings. The number of hydrogen-bond donors (Lipinski definition) is 2. The van der Waals surface area contributed by atoms with Gasteiger partial charge in [-0.1, -0.05) is 28.6 Å². The summed E-state index contributed by atoms with van der Waals surface area (Å²) in [7, 11) is 0. The summed E-state index contributed by atoms with van der Waals surface area (Å²) >= 11 is 3.21. The maximum absolute atomic E-state index is 10.6. The van der Waals surface area contributed by atoms with Gasteiger partial charge in [0.05, 0.1) is 5.69 Å². The van der Waals surface area contributed by atoms with Gasteiger partial charge in [-0.15, -0.1) is 0 Å². The topological polar surface area (TPSA) is 62.2 Å². The van der Waals surface area contributed by atoms with Gasteiger partial charge in [-0.2, -0.15) is 0 Å². The molecule has 1 aromatic heterocycles. The summed E-state index contributed by atoms with van der Waals surface area (Å²) < 4.78 is 0.844. The molecule has 0 bridgehead atoms. The number of aromatic carboxylic acids is 1. The minimum atomic E-state index is -1.01. The summed E-state index contributed by atoms with van der Waals surface area (Å²) in [6, 6.07) is 4.92. The first-order valence-electron chi connectivity index (χ1n) is 4.33. The molecule has 0 radical (unpaired) electrons. The summed E-state index contributed by atoms with van der Waals surface area (Å²) in [5.41, 5.74) is 0.760. The van der Waals surface area contributed by atoms with E-state index in [9.17, 15) is 4.79 Å². The standard InChI is InChI=1S/C10H11BrN2O2/c1-7(11)5-12-6-8-3-2-4-9(13-8)10(14)15/h2-4,12H,1,5-6H2,(H,14,15). The molecule has 80 valence electrons. The van der Waals surface area contributed by atoms with Crippen LogP contribution in [0.3, 0.4) is 0 Å². The fraction of sp³-hybridized carbons (Fsp3) is 0.200. The lowest BCUT2D eigenvalue weighted by molar-refractivity contribution is 0.0690. The van der Waals surface area contributed by atoms with E-state index in [2.05, 4.69) is 32.8 Å². The average molecular weight is 271 g/mol. The molecule has 0 spiro atoms. The van der Waals surface area contributed by atoms with Gasteiger partial charge in [0.2, 0.25) is 0 Å². The van der Waals surface area contributed by atoms with Crippen LogP contribution in [-0.2, 0) is 6.54 Å². The van der Waals surface area contributed by atoms with Crippen molar-refractivity contribution in [1.82, 2.24) is 10.3 Å². The zero-order valence-electron chi connectivity index (χ0n) is 8.03. The van der Waals surface area contributed by atoms with E-state index in [4.69, 9.17) is 5.11 Å². The molecular weight excluding hydrogens is 260 g/mol. The molecule has 4 nitrogen and oxygen atoms in total.